The van der Waals surface area contributed by atoms with Gasteiger partial charge in [-0.1, -0.05) is 11.6 Å². The van der Waals surface area contributed by atoms with Crippen LogP contribution in [0.15, 0.2) is 16.2 Å². The monoisotopic (exact) mass is 301 g/mol. The van der Waals surface area contributed by atoms with Crippen molar-refractivity contribution >= 4 is 23.2 Å². The van der Waals surface area contributed by atoms with E-state index in [0.717, 1.165) is 13.1 Å². The van der Waals surface area contributed by atoms with Crippen molar-refractivity contribution in [2.45, 2.75) is 18.1 Å². The Morgan fingerprint density at radius 3 is 2.89 bits per heavy atom. The molecule has 3 rings (SSSR count). The lowest BCUT2D eigenvalue weighted by molar-refractivity contribution is -0.000495. The summed E-state index contributed by atoms with van der Waals surface area (Å²) in [6, 6.07) is -0.190. The Labute approximate surface area is 120 Å². The molecule has 0 bridgehead atoms. The Morgan fingerprint density at radius 1 is 1.42 bits per heavy atom. The first-order valence-corrected chi connectivity index (χ1v) is 6.83. The molecule has 2 aliphatic rings. The van der Waals surface area contributed by atoms with Gasteiger partial charge in [0.05, 0.1) is 19.4 Å². The van der Waals surface area contributed by atoms with Gasteiger partial charge in [-0.3, -0.25) is 9.89 Å². The van der Waals surface area contributed by atoms with Gasteiger partial charge in [0.2, 0.25) is 10.4 Å². The van der Waals surface area contributed by atoms with Crippen LogP contribution in [0.2, 0.25) is 5.28 Å². The van der Waals surface area contributed by atoms with Crippen molar-refractivity contribution in [1.82, 2.24) is 14.9 Å². The van der Waals surface area contributed by atoms with Crippen LogP contribution >= 0.6 is 23.2 Å². The summed E-state index contributed by atoms with van der Waals surface area (Å²) < 4.78 is 5.34. The van der Waals surface area contributed by atoms with Crippen LogP contribution in [0.25, 0.3) is 0 Å². The number of fused-ring (bicyclic) bond motifs is 1. The molecule has 0 N–H and O–H groups in total. The first kappa shape index (κ1) is 13.2. The second-order valence-corrected chi connectivity index (χ2v) is 5.39. The minimum Gasteiger partial charge on any atom is -0.379 e. The number of morpholine rings is 1. The van der Waals surface area contributed by atoms with E-state index in [-0.39, 0.29) is 11.3 Å². The van der Waals surface area contributed by atoms with Crippen LogP contribution in [0, 0.1) is 0 Å². The highest BCUT2D eigenvalue weighted by Crippen LogP contribution is 2.29. The van der Waals surface area contributed by atoms with Crippen molar-refractivity contribution in [2.75, 3.05) is 26.3 Å². The molecule has 102 valence electrons. The van der Waals surface area contributed by atoms with Gasteiger partial charge in [-0.25, -0.2) is 9.98 Å². The highest BCUT2D eigenvalue weighted by atomic mass is 35.5. The van der Waals surface area contributed by atoms with Gasteiger partial charge in [0, 0.05) is 13.1 Å². The number of aromatic nitrogens is 2. The van der Waals surface area contributed by atoms with Crippen LogP contribution in [-0.2, 0) is 4.74 Å². The fourth-order valence-electron chi connectivity index (χ4n) is 2.26. The number of halogens is 2. The molecule has 2 unspecified atom stereocenters. The van der Waals surface area contributed by atoms with Gasteiger partial charge in [-0.05, 0) is 18.5 Å². The maximum absolute atomic E-state index is 6.69. The molecule has 1 saturated heterocycles. The smallest absolute Gasteiger partial charge is 0.224 e. The highest BCUT2D eigenvalue weighted by Gasteiger charge is 2.42. The topological polar surface area (TPSA) is 63.0 Å². The average Bonchev–Trinajstić information content (AvgIpc) is 2.41. The molecule has 6 nitrogen and oxygen atoms in total. The fourth-order valence-corrected chi connectivity index (χ4v) is 2.69. The predicted molar refractivity (Wildman–Crippen MR) is 69.8 cm³/mol. The van der Waals surface area contributed by atoms with E-state index >= 15 is 0 Å². The average molecular weight is 302 g/mol. The zero-order valence-electron chi connectivity index (χ0n) is 10.4. The lowest BCUT2D eigenvalue weighted by Crippen LogP contribution is -2.58. The summed E-state index contributed by atoms with van der Waals surface area (Å²) >= 11 is 12.5. The standard InChI is InChI=1S/C11H13Cl2N5O/c1-7-11(13,18-2-4-19-5-3-18)17-9-8(15-7)6-14-10(12)16-9/h6-7H,2-5H2,1H3. The molecule has 0 spiro atoms. The summed E-state index contributed by atoms with van der Waals surface area (Å²) in [7, 11) is 0. The molecule has 0 radical (unpaired) electrons. The molecule has 19 heavy (non-hydrogen) atoms. The van der Waals surface area contributed by atoms with Gasteiger partial charge >= 0.3 is 0 Å². The summed E-state index contributed by atoms with van der Waals surface area (Å²) in [4.78, 5) is 19.1. The van der Waals surface area contributed by atoms with Crippen molar-refractivity contribution in [1.29, 1.82) is 0 Å². The Kier molecular flexibility index (Phi) is 3.42. The summed E-state index contributed by atoms with van der Waals surface area (Å²) in [5.41, 5.74) is 0.444. The predicted octanol–water partition coefficient (Wildman–Crippen LogP) is -0.00390. The number of ether oxygens (including phenoxy) is 1. The Bertz CT molecular complexity index is 604. The van der Waals surface area contributed by atoms with Gasteiger partial charge < -0.3 is 4.74 Å². The van der Waals surface area contributed by atoms with E-state index in [4.69, 9.17) is 27.9 Å². The van der Waals surface area contributed by atoms with Crippen molar-refractivity contribution in [3.63, 3.8) is 0 Å². The van der Waals surface area contributed by atoms with Crippen molar-refractivity contribution < 1.29 is 4.74 Å². The molecule has 0 saturated carbocycles. The van der Waals surface area contributed by atoms with E-state index in [1.54, 1.807) is 6.20 Å². The second-order valence-electron chi connectivity index (χ2n) is 4.50. The van der Waals surface area contributed by atoms with Crippen LogP contribution in [0.3, 0.4) is 0 Å². The Hall–Kier alpha value is -0.820. The van der Waals surface area contributed by atoms with Crippen molar-refractivity contribution in [3.8, 4) is 0 Å². The molecular weight excluding hydrogens is 289 g/mol. The van der Waals surface area contributed by atoms with E-state index in [9.17, 15) is 0 Å². The summed E-state index contributed by atoms with van der Waals surface area (Å²) in [5.74, 6) is 0. The molecule has 0 aromatic carbocycles. The zero-order chi connectivity index (χ0) is 13.5. The third-order valence-electron chi connectivity index (χ3n) is 3.30. The normalized spacial score (nSPS) is 31.2. The Morgan fingerprint density at radius 2 is 2.16 bits per heavy atom. The van der Waals surface area contributed by atoms with Crippen LogP contribution in [-0.4, -0.2) is 52.3 Å². The summed E-state index contributed by atoms with van der Waals surface area (Å²) in [6.07, 6.45) is 1.57. The molecule has 2 atom stereocenters. The van der Waals surface area contributed by atoms with E-state index in [1.807, 2.05) is 6.92 Å². The minimum absolute atomic E-state index is 0.147. The SMILES string of the molecule is CC1N=c2cnc(Cl)nc2=NC1(Cl)N1CCOCC1. The minimum atomic E-state index is -0.922. The highest BCUT2D eigenvalue weighted by molar-refractivity contribution is 6.28. The van der Waals surface area contributed by atoms with Crippen molar-refractivity contribution in [3.05, 3.63) is 22.3 Å². The number of nitrogens with zero attached hydrogens (tertiary/aromatic N) is 5. The lowest BCUT2D eigenvalue weighted by atomic mass is 10.2. The van der Waals surface area contributed by atoms with Crippen LogP contribution in [0.1, 0.15) is 6.92 Å². The quantitative estimate of drug-likeness (QED) is 0.416. The molecule has 1 aromatic rings. The van der Waals surface area contributed by atoms with E-state index in [1.165, 1.54) is 0 Å². The summed E-state index contributed by atoms with van der Waals surface area (Å²) in [6.45, 7) is 4.67. The number of hydrogen-bond acceptors (Lipinski definition) is 6. The largest absolute Gasteiger partial charge is 0.379 e. The van der Waals surface area contributed by atoms with Crippen LogP contribution in [0.4, 0.5) is 0 Å². The lowest BCUT2D eigenvalue weighted by Gasteiger charge is -2.41. The summed E-state index contributed by atoms with van der Waals surface area (Å²) in [5, 5.41) is -0.149. The third kappa shape index (κ3) is 2.33. The molecule has 1 fully saturated rings. The molecule has 0 aliphatic carbocycles. The number of alkyl halides is 1. The van der Waals surface area contributed by atoms with E-state index < -0.39 is 5.12 Å². The van der Waals surface area contributed by atoms with E-state index in [2.05, 4.69) is 24.9 Å². The van der Waals surface area contributed by atoms with Gasteiger partial charge in [-0.15, -0.1) is 0 Å². The second kappa shape index (κ2) is 4.94. The van der Waals surface area contributed by atoms with E-state index in [0.29, 0.717) is 24.1 Å². The molecule has 3 heterocycles. The number of rotatable bonds is 1. The molecule has 1 aromatic heterocycles. The maximum Gasteiger partial charge on any atom is 0.224 e. The number of hydrogen-bond donors (Lipinski definition) is 0. The van der Waals surface area contributed by atoms with Gasteiger partial charge in [0.1, 0.15) is 11.4 Å². The maximum atomic E-state index is 6.69. The first-order valence-electron chi connectivity index (χ1n) is 6.07. The third-order valence-corrected chi connectivity index (χ3v) is 4.12. The first-order chi connectivity index (χ1) is 9.09. The molecular formula is C11H13Cl2N5O. The molecule has 0 amide bonds. The molecule has 8 heteroatoms. The zero-order valence-corrected chi connectivity index (χ0v) is 11.9. The van der Waals surface area contributed by atoms with Gasteiger partial charge in [0.25, 0.3) is 0 Å². The molecule has 2 aliphatic heterocycles. The Balaban J connectivity index is 2.07. The van der Waals surface area contributed by atoms with Crippen molar-refractivity contribution in [2.24, 2.45) is 9.98 Å². The van der Waals surface area contributed by atoms with Crippen LogP contribution in [0.5, 0.6) is 0 Å². The van der Waals surface area contributed by atoms with Gasteiger partial charge in [-0.2, -0.15) is 4.98 Å². The van der Waals surface area contributed by atoms with Crippen LogP contribution < -0.4 is 10.8 Å². The fraction of sp³-hybridized carbons (Fsp3) is 0.636. The van der Waals surface area contributed by atoms with Gasteiger partial charge in [0.15, 0.2) is 5.49 Å².